The maximum atomic E-state index is 12.9. The van der Waals surface area contributed by atoms with Crippen molar-refractivity contribution in [3.05, 3.63) is 70.0 Å². The summed E-state index contributed by atoms with van der Waals surface area (Å²) in [6.07, 6.45) is 2.58. The van der Waals surface area contributed by atoms with Crippen LogP contribution in [0, 0.1) is 0 Å². The highest BCUT2D eigenvalue weighted by Gasteiger charge is 2.21. The summed E-state index contributed by atoms with van der Waals surface area (Å²) in [5, 5.41) is 11.6. The molecule has 1 aliphatic rings. The molecule has 1 aliphatic heterocycles. The van der Waals surface area contributed by atoms with E-state index in [2.05, 4.69) is 66.5 Å². The number of nitrogens with zero attached hydrogens (tertiary/aromatic N) is 5. The summed E-state index contributed by atoms with van der Waals surface area (Å²) >= 11 is 3.60. The molecule has 192 valence electrons. The average molecular weight is 556 g/mol. The maximum absolute atomic E-state index is 12.9. The molecule has 1 N–H and O–H groups in total. The van der Waals surface area contributed by atoms with Gasteiger partial charge in [0, 0.05) is 37.2 Å². The second kappa shape index (κ2) is 12.9. The van der Waals surface area contributed by atoms with Gasteiger partial charge in [0.1, 0.15) is 5.75 Å². The minimum absolute atomic E-state index is 0.141. The van der Waals surface area contributed by atoms with Gasteiger partial charge in [-0.3, -0.25) is 9.69 Å². The van der Waals surface area contributed by atoms with Crippen LogP contribution in [-0.2, 0) is 13.0 Å². The zero-order valence-electron chi connectivity index (χ0n) is 21.1. The Bertz CT molecular complexity index is 1140. The van der Waals surface area contributed by atoms with Crippen LogP contribution >= 0.6 is 15.9 Å². The molecule has 0 bridgehead atoms. The van der Waals surface area contributed by atoms with Crippen LogP contribution in [0.2, 0.25) is 0 Å². The lowest BCUT2D eigenvalue weighted by molar-refractivity contribution is 0.0945. The van der Waals surface area contributed by atoms with Gasteiger partial charge in [-0.15, -0.1) is 5.10 Å². The van der Waals surface area contributed by atoms with Crippen molar-refractivity contribution in [1.29, 1.82) is 0 Å². The van der Waals surface area contributed by atoms with Gasteiger partial charge >= 0.3 is 0 Å². The topological polar surface area (TPSA) is 75.5 Å². The monoisotopic (exact) mass is 554 g/mol. The SMILES string of the molecule is CCCc1c(C(=O)NCCCN2CCN(c3ccccc3OC)CC2)nnn1Cc1ccccc1Br. The van der Waals surface area contributed by atoms with E-state index in [-0.39, 0.29) is 5.91 Å². The lowest BCUT2D eigenvalue weighted by Crippen LogP contribution is -2.47. The molecule has 4 rings (SSSR count). The number of aromatic nitrogens is 3. The highest BCUT2D eigenvalue weighted by molar-refractivity contribution is 9.10. The van der Waals surface area contributed by atoms with Gasteiger partial charge in [-0.1, -0.05) is 64.8 Å². The first kappa shape index (κ1) is 26.2. The zero-order chi connectivity index (χ0) is 25.3. The van der Waals surface area contributed by atoms with Crippen LogP contribution < -0.4 is 15.0 Å². The molecular weight excluding hydrogens is 520 g/mol. The summed E-state index contributed by atoms with van der Waals surface area (Å²) in [7, 11) is 1.72. The number of para-hydroxylation sites is 2. The highest BCUT2D eigenvalue weighted by Crippen LogP contribution is 2.28. The third-order valence-electron chi connectivity index (χ3n) is 6.55. The predicted molar refractivity (Wildman–Crippen MR) is 146 cm³/mol. The first-order chi connectivity index (χ1) is 17.6. The number of hydrogen-bond acceptors (Lipinski definition) is 6. The first-order valence-corrected chi connectivity index (χ1v) is 13.4. The van der Waals surface area contributed by atoms with Gasteiger partial charge in [0.25, 0.3) is 5.91 Å². The van der Waals surface area contributed by atoms with Crippen LogP contribution in [0.4, 0.5) is 5.69 Å². The number of amides is 1. The summed E-state index contributed by atoms with van der Waals surface area (Å²) in [6.45, 7) is 8.18. The Morgan fingerprint density at radius 3 is 2.58 bits per heavy atom. The molecule has 0 unspecified atom stereocenters. The zero-order valence-corrected chi connectivity index (χ0v) is 22.7. The normalized spacial score (nSPS) is 14.1. The number of halogens is 1. The summed E-state index contributed by atoms with van der Waals surface area (Å²) in [4.78, 5) is 17.7. The fourth-order valence-corrected chi connectivity index (χ4v) is 5.01. The minimum Gasteiger partial charge on any atom is -0.495 e. The number of nitrogens with one attached hydrogen (secondary N) is 1. The largest absolute Gasteiger partial charge is 0.495 e. The molecule has 3 aromatic rings. The van der Waals surface area contributed by atoms with Crippen molar-refractivity contribution >= 4 is 27.5 Å². The van der Waals surface area contributed by atoms with E-state index < -0.39 is 0 Å². The van der Waals surface area contributed by atoms with Gasteiger partial charge < -0.3 is 15.0 Å². The number of rotatable bonds is 11. The van der Waals surface area contributed by atoms with Gasteiger partial charge in [0.05, 0.1) is 25.0 Å². The molecule has 0 saturated carbocycles. The van der Waals surface area contributed by atoms with Crippen molar-refractivity contribution < 1.29 is 9.53 Å². The number of piperazine rings is 1. The number of carbonyl (C=O) groups excluding carboxylic acids is 1. The number of ether oxygens (including phenoxy) is 1. The van der Waals surface area contributed by atoms with Gasteiger partial charge in [0.15, 0.2) is 5.69 Å². The van der Waals surface area contributed by atoms with Gasteiger partial charge in [-0.05, 0) is 43.1 Å². The van der Waals surface area contributed by atoms with Gasteiger partial charge in [-0.2, -0.15) is 0 Å². The van der Waals surface area contributed by atoms with E-state index in [1.165, 1.54) is 0 Å². The van der Waals surface area contributed by atoms with Crippen molar-refractivity contribution in [1.82, 2.24) is 25.2 Å². The lowest BCUT2D eigenvalue weighted by Gasteiger charge is -2.36. The maximum Gasteiger partial charge on any atom is 0.273 e. The van der Waals surface area contributed by atoms with E-state index in [0.29, 0.717) is 18.8 Å². The van der Waals surface area contributed by atoms with Crippen molar-refractivity contribution in [3.8, 4) is 5.75 Å². The average Bonchev–Trinajstić information content (AvgIpc) is 3.30. The molecule has 0 aliphatic carbocycles. The Hall–Kier alpha value is -2.91. The Kier molecular flexibility index (Phi) is 9.35. The minimum atomic E-state index is -0.141. The fourth-order valence-electron chi connectivity index (χ4n) is 4.60. The summed E-state index contributed by atoms with van der Waals surface area (Å²) in [5.74, 6) is 0.780. The first-order valence-electron chi connectivity index (χ1n) is 12.6. The van der Waals surface area contributed by atoms with Crippen molar-refractivity contribution in [2.24, 2.45) is 0 Å². The van der Waals surface area contributed by atoms with E-state index in [4.69, 9.17) is 4.74 Å². The molecule has 1 amide bonds. The number of benzene rings is 2. The third kappa shape index (κ3) is 6.44. The quantitative estimate of drug-likeness (QED) is 0.361. The van der Waals surface area contributed by atoms with Crippen molar-refractivity contribution in [2.45, 2.75) is 32.7 Å². The standard InChI is InChI=1S/C27H35BrN6O2/c1-3-9-24-26(30-31-34(24)20-21-10-4-5-11-22(21)28)27(35)29-14-8-15-32-16-18-33(19-17-32)23-12-6-7-13-25(23)36-2/h4-7,10-13H,3,8-9,14-20H2,1-2H3,(H,29,35). The fraction of sp³-hybridized carbons (Fsp3) is 0.444. The van der Waals surface area contributed by atoms with Gasteiger partial charge in [-0.25, -0.2) is 4.68 Å². The van der Waals surface area contributed by atoms with E-state index in [9.17, 15) is 4.79 Å². The van der Waals surface area contributed by atoms with Crippen LogP contribution in [0.1, 0.15) is 41.5 Å². The van der Waals surface area contributed by atoms with Crippen LogP contribution in [-0.4, -0.2) is 72.2 Å². The molecule has 0 spiro atoms. The molecule has 9 heteroatoms. The molecule has 2 heterocycles. The number of hydrogen-bond donors (Lipinski definition) is 1. The smallest absolute Gasteiger partial charge is 0.273 e. The number of anilines is 1. The van der Waals surface area contributed by atoms with E-state index in [1.807, 2.05) is 35.0 Å². The molecule has 0 radical (unpaired) electrons. The number of carbonyl (C=O) groups is 1. The van der Waals surface area contributed by atoms with E-state index in [0.717, 1.165) is 79.2 Å². The molecule has 1 aromatic heterocycles. The van der Waals surface area contributed by atoms with Crippen molar-refractivity contribution in [3.63, 3.8) is 0 Å². The highest BCUT2D eigenvalue weighted by atomic mass is 79.9. The Morgan fingerprint density at radius 1 is 1.08 bits per heavy atom. The van der Waals surface area contributed by atoms with Crippen LogP contribution in [0.5, 0.6) is 5.75 Å². The second-order valence-electron chi connectivity index (χ2n) is 8.99. The van der Waals surface area contributed by atoms with E-state index in [1.54, 1.807) is 7.11 Å². The molecule has 2 aromatic carbocycles. The lowest BCUT2D eigenvalue weighted by atomic mass is 10.1. The predicted octanol–water partition coefficient (Wildman–Crippen LogP) is 3.99. The summed E-state index contributed by atoms with van der Waals surface area (Å²) in [6, 6.07) is 16.2. The Morgan fingerprint density at radius 2 is 1.83 bits per heavy atom. The Labute approximate surface area is 221 Å². The van der Waals surface area contributed by atoms with Crippen molar-refractivity contribution in [2.75, 3.05) is 51.3 Å². The number of methoxy groups -OCH3 is 1. The third-order valence-corrected chi connectivity index (χ3v) is 7.33. The molecular formula is C27H35BrN6O2. The second-order valence-corrected chi connectivity index (χ2v) is 9.85. The molecule has 0 atom stereocenters. The van der Waals surface area contributed by atoms with E-state index >= 15 is 0 Å². The van der Waals surface area contributed by atoms with Gasteiger partial charge in [0.2, 0.25) is 0 Å². The molecule has 36 heavy (non-hydrogen) atoms. The van der Waals surface area contributed by atoms with Crippen LogP contribution in [0.3, 0.4) is 0 Å². The molecule has 8 nitrogen and oxygen atoms in total. The van der Waals surface area contributed by atoms with Crippen LogP contribution in [0.15, 0.2) is 53.0 Å². The summed E-state index contributed by atoms with van der Waals surface area (Å²) < 4.78 is 8.39. The molecule has 1 saturated heterocycles. The summed E-state index contributed by atoms with van der Waals surface area (Å²) in [5.41, 5.74) is 3.59. The van der Waals surface area contributed by atoms with Crippen LogP contribution in [0.25, 0.3) is 0 Å². The Balaban J connectivity index is 1.25. The molecule has 1 fully saturated rings.